The molecule has 3 atom stereocenters. The minimum Gasteiger partial charge on any atom is -0.477 e. The number of ether oxygens (including phenoxy) is 5. The van der Waals surface area contributed by atoms with Gasteiger partial charge in [0.25, 0.3) is 0 Å². The molecule has 1 aliphatic rings. The van der Waals surface area contributed by atoms with Gasteiger partial charge in [0.05, 0.1) is 25.4 Å². The highest BCUT2D eigenvalue weighted by Gasteiger charge is 2.41. The van der Waals surface area contributed by atoms with Gasteiger partial charge >= 0.3 is 0 Å². The van der Waals surface area contributed by atoms with E-state index in [0.717, 1.165) is 11.1 Å². The van der Waals surface area contributed by atoms with E-state index < -0.39 is 11.7 Å². The summed E-state index contributed by atoms with van der Waals surface area (Å²) in [7, 11) is 1.68. The maximum Gasteiger partial charge on any atom is 0.210 e. The topological polar surface area (TPSA) is 58.5 Å². The standard InChI is InChI=1S/C29H39NO5/c1-6-17-29(4,35-21-26-30-28(2,3)22-34-26)27(33-19-24-15-11-8-12-16-24)25(31-5)20-32-18-23-13-9-7-10-14-23/h6-17,25,27H,18-22H2,1-5H3/b17-6+/t25-,27+,29-/m0/s1. The molecule has 0 bridgehead atoms. The van der Waals surface area contributed by atoms with Crippen molar-refractivity contribution in [3.05, 3.63) is 83.9 Å². The third-order valence-corrected chi connectivity index (χ3v) is 5.90. The number of hydrogen-bond acceptors (Lipinski definition) is 6. The van der Waals surface area contributed by atoms with Gasteiger partial charge in [-0.05, 0) is 38.8 Å². The van der Waals surface area contributed by atoms with Crippen LogP contribution in [-0.4, -0.2) is 56.2 Å². The Morgan fingerprint density at radius 1 is 1.00 bits per heavy atom. The Labute approximate surface area is 209 Å². The lowest BCUT2D eigenvalue weighted by Gasteiger charge is -2.39. The normalized spacial score (nSPS) is 18.6. The lowest BCUT2D eigenvalue weighted by molar-refractivity contribution is -0.172. The van der Waals surface area contributed by atoms with Crippen molar-refractivity contribution < 1.29 is 23.7 Å². The molecule has 0 aromatic heterocycles. The van der Waals surface area contributed by atoms with Crippen LogP contribution in [0.4, 0.5) is 0 Å². The van der Waals surface area contributed by atoms with Gasteiger partial charge < -0.3 is 23.7 Å². The molecule has 0 spiro atoms. The van der Waals surface area contributed by atoms with Crippen molar-refractivity contribution in [1.29, 1.82) is 0 Å². The molecule has 2 aromatic carbocycles. The zero-order valence-electron chi connectivity index (χ0n) is 21.6. The lowest BCUT2D eigenvalue weighted by atomic mass is 9.93. The van der Waals surface area contributed by atoms with E-state index >= 15 is 0 Å². The van der Waals surface area contributed by atoms with Crippen molar-refractivity contribution >= 4 is 5.90 Å². The minimum atomic E-state index is -0.807. The maximum atomic E-state index is 6.50. The summed E-state index contributed by atoms with van der Waals surface area (Å²) in [5, 5.41) is 0. The van der Waals surface area contributed by atoms with Gasteiger partial charge in [-0.1, -0.05) is 72.8 Å². The third kappa shape index (κ3) is 8.29. The summed E-state index contributed by atoms with van der Waals surface area (Å²) in [6, 6.07) is 20.2. The lowest BCUT2D eigenvalue weighted by Crippen LogP contribution is -2.52. The molecule has 6 nitrogen and oxygen atoms in total. The molecule has 3 rings (SSSR count). The van der Waals surface area contributed by atoms with Crippen molar-refractivity contribution in [2.75, 3.05) is 26.9 Å². The molecule has 0 saturated heterocycles. The summed E-state index contributed by atoms with van der Waals surface area (Å²) in [6.45, 7) is 10.1. The molecule has 0 amide bonds. The fraction of sp³-hybridized carbons (Fsp3) is 0.483. The molecule has 0 unspecified atom stereocenters. The van der Waals surface area contributed by atoms with Crippen LogP contribution < -0.4 is 0 Å². The quantitative estimate of drug-likeness (QED) is 0.340. The molecule has 0 saturated carbocycles. The van der Waals surface area contributed by atoms with Crippen LogP contribution in [0.15, 0.2) is 77.8 Å². The smallest absolute Gasteiger partial charge is 0.210 e. The van der Waals surface area contributed by atoms with Crippen LogP contribution in [0.3, 0.4) is 0 Å². The highest BCUT2D eigenvalue weighted by molar-refractivity contribution is 5.79. The number of hydrogen-bond donors (Lipinski definition) is 0. The number of allylic oxidation sites excluding steroid dienone is 1. The van der Waals surface area contributed by atoms with Gasteiger partial charge in [0.2, 0.25) is 5.90 Å². The largest absolute Gasteiger partial charge is 0.477 e. The van der Waals surface area contributed by atoms with Crippen molar-refractivity contribution in [3.8, 4) is 0 Å². The Morgan fingerprint density at radius 3 is 2.17 bits per heavy atom. The van der Waals surface area contributed by atoms with Crippen LogP contribution in [0.25, 0.3) is 0 Å². The SMILES string of the molecule is C/C=C/[C@](C)(OCC1=NC(C)(C)CO1)[C@H](OCc1ccccc1)[C@H](COCc1ccccc1)OC. The fourth-order valence-electron chi connectivity index (χ4n) is 4.06. The average Bonchev–Trinajstić information content (AvgIpc) is 3.22. The van der Waals surface area contributed by atoms with Gasteiger partial charge in [-0.3, -0.25) is 0 Å². The molecule has 35 heavy (non-hydrogen) atoms. The van der Waals surface area contributed by atoms with Crippen LogP contribution in [-0.2, 0) is 36.9 Å². The monoisotopic (exact) mass is 481 g/mol. The van der Waals surface area contributed by atoms with Crippen molar-refractivity contribution in [2.24, 2.45) is 4.99 Å². The molecule has 0 N–H and O–H groups in total. The van der Waals surface area contributed by atoms with Crippen molar-refractivity contribution in [2.45, 2.75) is 64.3 Å². The van der Waals surface area contributed by atoms with E-state index in [1.165, 1.54) is 0 Å². The van der Waals surface area contributed by atoms with E-state index in [9.17, 15) is 0 Å². The summed E-state index contributed by atoms with van der Waals surface area (Å²) >= 11 is 0. The van der Waals surface area contributed by atoms with Gasteiger partial charge in [0.15, 0.2) is 0 Å². The Hall–Kier alpha value is -2.51. The Kier molecular flexibility index (Phi) is 10.0. The molecule has 0 radical (unpaired) electrons. The second-order valence-electron chi connectivity index (χ2n) is 9.57. The molecule has 0 aliphatic carbocycles. The third-order valence-electron chi connectivity index (χ3n) is 5.90. The second kappa shape index (κ2) is 13.0. The van der Waals surface area contributed by atoms with E-state index in [2.05, 4.69) is 4.99 Å². The molecular weight excluding hydrogens is 442 g/mol. The second-order valence-corrected chi connectivity index (χ2v) is 9.57. The average molecular weight is 482 g/mol. The molecule has 0 fully saturated rings. The van der Waals surface area contributed by atoms with E-state index in [0.29, 0.717) is 32.3 Å². The number of nitrogens with zero attached hydrogens (tertiary/aromatic N) is 1. The highest BCUT2D eigenvalue weighted by Crippen LogP contribution is 2.28. The first-order chi connectivity index (χ1) is 16.8. The number of rotatable bonds is 14. The molecule has 6 heteroatoms. The van der Waals surface area contributed by atoms with Crippen molar-refractivity contribution in [1.82, 2.24) is 0 Å². The van der Waals surface area contributed by atoms with Crippen LogP contribution >= 0.6 is 0 Å². The van der Waals surface area contributed by atoms with E-state index in [4.69, 9.17) is 23.7 Å². The van der Waals surface area contributed by atoms with Crippen LogP contribution in [0.1, 0.15) is 38.8 Å². The Morgan fingerprint density at radius 2 is 1.63 bits per heavy atom. The van der Waals surface area contributed by atoms with Crippen molar-refractivity contribution in [3.63, 3.8) is 0 Å². The first kappa shape index (κ1) is 27.1. The number of benzene rings is 2. The summed E-state index contributed by atoms with van der Waals surface area (Å²) in [5.41, 5.74) is 1.14. The predicted octanol–water partition coefficient (Wildman–Crippen LogP) is 5.36. The van der Waals surface area contributed by atoms with Gasteiger partial charge in [-0.15, -0.1) is 0 Å². The Bertz CT molecular complexity index is 944. The van der Waals surface area contributed by atoms with E-state index in [-0.39, 0.29) is 18.2 Å². The molecule has 1 aliphatic heterocycles. The molecule has 2 aromatic rings. The Balaban J connectivity index is 1.77. The van der Waals surface area contributed by atoms with Gasteiger partial charge in [0, 0.05) is 7.11 Å². The van der Waals surface area contributed by atoms with E-state index in [1.807, 2.05) is 101 Å². The highest BCUT2D eigenvalue weighted by atomic mass is 16.6. The van der Waals surface area contributed by atoms with E-state index in [1.54, 1.807) is 7.11 Å². The molecule has 190 valence electrons. The first-order valence-corrected chi connectivity index (χ1v) is 12.1. The number of methoxy groups -OCH3 is 1. The first-order valence-electron chi connectivity index (χ1n) is 12.1. The van der Waals surface area contributed by atoms with Crippen LogP contribution in [0.2, 0.25) is 0 Å². The van der Waals surface area contributed by atoms with Gasteiger partial charge in [-0.2, -0.15) is 0 Å². The number of aliphatic imine (C=N–C) groups is 1. The summed E-state index contributed by atoms with van der Waals surface area (Å²) in [6.07, 6.45) is 3.16. The summed E-state index contributed by atoms with van der Waals surface area (Å²) in [5.74, 6) is 0.599. The van der Waals surface area contributed by atoms with Crippen LogP contribution in [0, 0.1) is 0 Å². The zero-order chi connectivity index (χ0) is 25.2. The van der Waals surface area contributed by atoms with Gasteiger partial charge in [-0.25, -0.2) is 4.99 Å². The summed E-state index contributed by atoms with van der Waals surface area (Å²) < 4.78 is 30.7. The van der Waals surface area contributed by atoms with Crippen LogP contribution in [0.5, 0.6) is 0 Å². The van der Waals surface area contributed by atoms with Gasteiger partial charge in [0.1, 0.15) is 31.0 Å². The zero-order valence-corrected chi connectivity index (χ0v) is 21.6. The predicted molar refractivity (Wildman–Crippen MR) is 139 cm³/mol. The fourth-order valence-corrected chi connectivity index (χ4v) is 4.06. The minimum absolute atomic E-state index is 0.237. The molecule has 1 heterocycles. The maximum absolute atomic E-state index is 6.50. The summed E-state index contributed by atoms with van der Waals surface area (Å²) in [4.78, 5) is 4.63. The molecular formula is C29H39NO5.